The third-order valence-electron chi connectivity index (χ3n) is 3.94. The van der Waals surface area contributed by atoms with Crippen molar-refractivity contribution < 1.29 is 19.4 Å². The van der Waals surface area contributed by atoms with Crippen molar-refractivity contribution >= 4 is 29.3 Å². The van der Waals surface area contributed by atoms with Crippen LogP contribution in [-0.2, 0) is 17.9 Å². The molecule has 1 amide bonds. The Morgan fingerprint density at radius 2 is 1.97 bits per heavy atom. The van der Waals surface area contributed by atoms with Gasteiger partial charge in [-0.1, -0.05) is 42.1 Å². The summed E-state index contributed by atoms with van der Waals surface area (Å²) in [5.41, 5.74) is 0.527. The zero-order valence-electron chi connectivity index (χ0n) is 16.0. The van der Waals surface area contributed by atoms with E-state index in [1.165, 1.54) is 23.9 Å². The SMILES string of the molecule is C=CCn1c(COc2ccccc2)nnc1SCC(=O)Nc1cccc(C(=O)O)c1. The maximum atomic E-state index is 12.3. The summed E-state index contributed by atoms with van der Waals surface area (Å²) in [5, 5.41) is 20.6. The summed E-state index contributed by atoms with van der Waals surface area (Å²) < 4.78 is 7.57. The fourth-order valence-electron chi connectivity index (χ4n) is 2.57. The number of carboxylic acid groups (broad SMARTS) is 1. The second-order valence-electron chi connectivity index (χ2n) is 6.12. The van der Waals surface area contributed by atoms with Gasteiger partial charge in [0.2, 0.25) is 5.91 Å². The van der Waals surface area contributed by atoms with E-state index in [1.807, 2.05) is 34.9 Å². The molecule has 1 heterocycles. The van der Waals surface area contributed by atoms with E-state index in [-0.39, 0.29) is 23.8 Å². The van der Waals surface area contributed by atoms with Crippen LogP contribution in [0.1, 0.15) is 16.2 Å². The number of nitrogens with zero attached hydrogens (tertiary/aromatic N) is 3. The lowest BCUT2D eigenvalue weighted by molar-refractivity contribution is -0.113. The number of allylic oxidation sites excluding steroid dienone is 1. The highest BCUT2D eigenvalue weighted by atomic mass is 32.2. The minimum Gasteiger partial charge on any atom is -0.486 e. The fourth-order valence-corrected chi connectivity index (χ4v) is 3.33. The zero-order valence-corrected chi connectivity index (χ0v) is 16.8. The average molecular weight is 424 g/mol. The van der Waals surface area contributed by atoms with Gasteiger partial charge in [-0.05, 0) is 30.3 Å². The quantitative estimate of drug-likeness (QED) is 0.379. The van der Waals surface area contributed by atoms with Gasteiger partial charge in [0.15, 0.2) is 11.0 Å². The summed E-state index contributed by atoms with van der Waals surface area (Å²) in [7, 11) is 0. The van der Waals surface area contributed by atoms with E-state index in [0.717, 1.165) is 5.75 Å². The minimum atomic E-state index is -1.05. The predicted molar refractivity (Wildman–Crippen MR) is 114 cm³/mol. The lowest BCUT2D eigenvalue weighted by Crippen LogP contribution is -2.15. The number of aromatic carboxylic acids is 1. The van der Waals surface area contributed by atoms with Gasteiger partial charge in [-0.25, -0.2) is 4.79 Å². The number of aromatic nitrogens is 3. The Kier molecular flexibility index (Phi) is 7.23. The highest BCUT2D eigenvalue weighted by Gasteiger charge is 2.14. The van der Waals surface area contributed by atoms with Crippen LogP contribution < -0.4 is 10.1 Å². The highest BCUT2D eigenvalue weighted by Crippen LogP contribution is 2.19. The summed E-state index contributed by atoms with van der Waals surface area (Å²) in [6.07, 6.45) is 1.72. The smallest absolute Gasteiger partial charge is 0.335 e. The molecule has 0 spiro atoms. The Morgan fingerprint density at radius 3 is 2.70 bits per heavy atom. The number of para-hydroxylation sites is 1. The number of rotatable bonds is 10. The van der Waals surface area contributed by atoms with Crippen molar-refractivity contribution in [2.45, 2.75) is 18.3 Å². The monoisotopic (exact) mass is 424 g/mol. The Labute approximate surface area is 177 Å². The molecule has 3 aromatic rings. The fraction of sp³-hybridized carbons (Fsp3) is 0.143. The van der Waals surface area contributed by atoms with Crippen LogP contribution in [-0.4, -0.2) is 37.5 Å². The number of carbonyl (C=O) groups is 2. The van der Waals surface area contributed by atoms with Gasteiger partial charge in [-0.2, -0.15) is 0 Å². The van der Waals surface area contributed by atoms with Gasteiger partial charge in [0.05, 0.1) is 11.3 Å². The standard InChI is InChI=1S/C21H20N4O4S/c1-2-11-25-18(13-29-17-9-4-3-5-10-17)23-24-21(25)30-14-19(26)22-16-8-6-7-15(12-16)20(27)28/h2-10,12H,1,11,13-14H2,(H,22,26)(H,27,28). The molecule has 0 radical (unpaired) electrons. The Morgan fingerprint density at radius 1 is 1.17 bits per heavy atom. The minimum absolute atomic E-state index is 0.0894. The van der Waals surface area contributed by atoms with Crippen molar-refractivity contribution in [3.63, 3.8) is 0 Å². The Hall–Kier alpha value is -3.59. The van der Waals surface area contributed by atoms with E-state index >= 15 is 0 Å². The number of amides is 1. The third kappa shape index (κ3) is 5.71. The highest BCUT2D eigenvalue weighted by molar-refractivity contribution is 7.99. The van der Waals surface area contributed by atoms with E-state index < -0.39 is 5.97 Å². The van der Waals surface area contributed by atoms with Crippen molar-refractivity contribution in [2.24, 2.45) is 0 Å². The third-order valence-corrected chi connectivity index (χ3v) is 4.91. The normalized spacial score (nSPS) is 10.4. The van der Waals surface area contributed by atoms with Gasteiger partial charge in [-0.3, -0.25) is 9.36 Å². The number of anilines is 1. The Bertz CT molecular complexity index is 1040. The van der Waals surface area contributed by atoms with Gasteiger partial charge in [-0.15, -0.1) is 16.8 Å². The van der Waals surface area contributed by atoms with Crippen LogP contribution >= 0.6 is 11.8 Å². The number of hydrogen-bond donors (Lipinski definition) is 2. The van der Waals surface area contributed by atoms with E-state index in [1.54, 1.807) is 18.2 Å². The first kappa shape index (κ1) is 21.1. The number of carbonyl (C=O) groups excluding carboxylic acids is 1. The summed E-state index contributed by atoms with van der Waals surface area (Å²) in [6.45, 7) is 4.47. The summed E-state index contributed by atoms with van der Waals surface area (Å²) in [4.78, 5) is 23.3. The molecule has 3 rings (SSSR count). The van der Waals surface area contributed by atoms with E-state index in [9.17, 15) is 9.59 Å². The van der Waals surface area contributed by atoms with Crippen molar-refractivity contribution in [3.05, 3.63) is 78.6 Å². The summed E-state index contributed by atoms with van der Waals surface area (Å²) >= 11 is 1.23. The summed E-state index contributed by atoms with van der Waals surface area (Å²) in [6, 6.07) is 15.5. The van der Waals surface area contributed by atoms with Gasteiger partial charge in [0, 0.05) is 12.2 Å². The molecule has 0 atom stereocenters. The summed E-state index contributed by atoms with van der Waals surface area (Å²) in [5.74, 6) is 0.103. The molecule has 1 aromatic heterocycles. The Balaban J connectivity index is 1.61. The van der Waals surface area contributed by atoms with Gasteiger partial charge in [0.1, 0.15) is 12.4 Å². The number of ether oxygens (including phenoxy) is 1. The maximum absolute atomic E-state index is 12.3. The number of carboxylic acids is 1. The topological polar surface area (TPSA) is 106 Å². The molecule has 30 heavy (non-hydrogen) atoms. The molecule has 0 saturated carbocycles. The molecule has 0 aliphatic heterocycles. The first-order chi connectivity index (χ1) is 14.6. The molecule has 0 fully saturated rings. The molecular weight excluding hydrogens is 404 g/mol. The van der Waals surface area contributed by atoms with E-state index in [2.05, 4.69) is 22.1 Å². The second kappa shape index (κ2) is 10.3. The van der Waals surface area contributed by atoms with E-state index in [0.29, 0.717) is 23.2 Å². The van der Waals surface area contributed by atoms with E-state index in [4.69, 9.17) is 9.84 Å². The molecular formula is C21H20N4O4S. The lowest BCUT2D eigenvalue weighted by Gasteiger charge is -2.09. The maximum Gasteiger partial charge on any atom is 0.335 e. The van der Waals surface area contributed by atoms with Gasteiger partial charge >= 0.3 is 5.97 Å². The van der Waals surface area contributed by atoms with Crippen LogP contribution in [0.15, 0.2) is 72.4 Å². The second-order valence-corrected chi connectivity index (χ2v) is 7.07. The van der Waals surface area contributed by atoms with Crippen molar-refractivity contribution in [1.29, 1.82) is 0 Å². The molecule has 0 bridgehead atoms. The molecule has 0 aliphatic rings. The van der Waals surface area contributed by atoms with Gasteiger partial charge < -0.3 is 15.2 Å². The van der Waals surface area contributed by atoms with Crippen LogP contribution in [0.5, 0.6) is 5.75 Å². The molecule has 0 aliphatic carbocycles. The first-order valence-electron chi connectivity index (χ1n) is 9.03. The van der Waals surface area contributed by atoms with Crippen LogP contribution in [0.4, 0.5) is 5.69 Å². The number of hydrogen-bond acceptors (Lipinski definition) is 6. The number of thioether (sulfide) groups is 1. The molecule has 0 saturated heterocycles. The van der Waals surface area contributed by atoms with Crippen LogP contribution in [0, 0.1) is 0 Å². The van der Waals surface area contributed by atoms with Crippen molar-refractivity contribution in [1.82, 2.24) is 14.8 Å². The molecule has 2 aromatic carbocycles. The van der Waals surface area contributed by atoms with Crippen molar-refractivity contribution in [2.75, 3.05) is 11.1 Å². The molecule has 2 N–H and O–H groups in total. The molecule has 154 valence electrons. The number of benzene rings is 2. The van der Waals surface area contributed by atoms with Crippen LogP contribution in [0.3, 0.4) is 0 Å². The molecule has 8 nitrogen and oxygen atoms in total. The zero-order chi connectivity index (χ0) is 21.3. The van der Waals surface area contributed by atoms with Crippen LogP contribution in [0.25, 0.3) is 0 Å². The molecule has 0 unspecified atom stereocenters. The van der Waals surface area contributed by atoms with Crippen LogP contribution in [0.2, 0.25) is 0 Å². The predicted octanol–water partition coefficient (Wildman–Crippen LogP) is 3.47. The lowest BCUT2D eigenvalue weighted by atomic mass is 10.2. The first-order valence-corrected chi connectivity index (χ1v) is 10.0. The average Bonchev–Trinajstić information content (AvgIpc) is 3.13. The van der Waals surface area contributed by atoms with Gasteiger partial charge in [0.25, 0.3) is 0 Å². The number of nitrogens with one attached hydrogen (secondary N) is 1. The van der Waals surface area contributed by atoms with Crippen molar-refractivity contribution in [3.8, 4) is 5.75 Å². The molecule has 9 heteroatoms. The largest absolute Gasteiger partial charge is 0.486 e.